The van der Waals surface area contributed by atoms with Crippen LogP contribution in [0.2, 0.25) is 0 Å². The lowest BCUT2D eigenvalue weighted by atomic mass is 10.2. The van der Waals surface area contributed by atoms with Gasteiger partial charge in [-0.25, -0.2) is 4.98 Å². The Balaban J connectivity index is 2.07. The van der Waals surface area contributed by atoms with Gasteiger partial charge in [-0.15, -0.1) is 11.3 Å². The van der Waals surface area contributed by atoms with Crippen LogP contribution < -0.4 is 0 Å². The first-order chi connectivity index (χ1) is 8.20. The van der Waals surface area contributed by atoms with Gasteiger partial charge in [-0.1, -0.05) is 6.92 Å². The second kappa shape index (κ2) is 5.71. The molecule has 0 aromatic carbocycles. The van der Waals surface area contributed by atoms with Gasteiger partial charge in [0.2, 0.25) is 0 Å². The van der Waals surface area contributed by atoms with Crippen LogP contribution in [-0.4, -0.2) is 42.0 Å². The van der Waals surface area contributed by atoms with Crippen LogP contribution in [-0.2, 0) is 17.7 Å². The maximum absolute atomic E-state index is 11.5. The van der Waals surface area contributed by atoms with E-state index in [0.717, 1.165) is 54.8 Å². The van der Waals surface area contributed by atoms with Gasteiger partial charge >= 0.3 is 0 Å². The fourth-order valence-corrected chi connectivity index (χ4v) is 3.02. The van der Waals surface area contributed by atoms with Gasteiger partial charge in [0, 0.05) is 20.0 Å². The lowest BCUT2D eigenvalue weighted by molar-refractivity contribution is 0.0341. The average Bonchev–Trinajstić information content (AvgIpc) is 2.73. The minimum Gasteiger partial charge on any atom is -0.379 e. The van der Waals surface area contributed by atoms with E-state index in [1.54, 1.807) is 18.3 Å². The van der Waals surface area contributed by atoms with Gasteiger partial charge in [-0.3, -0.25) is 9.69 Å². The van der Waals surface area contributed by atoms with Crippen molar-refractivity contribution in [1.82, 2.24) is 9.88 Å². The largest absolute Gasteiger partial charge is 0.379 e. The van der Waals surface area contributed by atoms with Crippen molar-refractivity contribution >= 4 is 17.1 Å². The molecule has 1 fully saturated rings. The molecule has 2 rings (SSSR count). The van der Waals surface area contributed by atoms with Crippen molar-refractivity contribution in [2.75, 3.05) is 26.3 Å². The van der Waals surface area contributed by atoms with Crippen molar-refractivity contribution in [2.24, 2.45) is 0 Å². The number of hydrogen-bond donors (Lipinski definition) is 0. The van der Waals surface area contributed by atoms with Crippen molar-refractivity contribution in [3.8, 4) is 0 Å². The van der Waals surface area contributed by atoms with E-state index in [2.05, 4.69) is 9.88 Å². The number of aromatic nitrogens is 1. The fraction of sp³-hybridized carbons (Fsp3) is 0.667. The minimum absolute atomic E-state index is 0.132. The molecule has 5 heteroatoms. The number of thiazole rings is 1. The van der Waals surface area contributed by atoms with E-state index in [1.165, 1.54) is 0 Å². The van der Waals surface area contributed by atoms with Crippen LogP contribution in [0.3, 0.4) is 0 Å². The van der Waals surface area contributed by atoms with Crippen molar-refractivity contribution in [2.45, 2.75) is 26.8 Å². The third kappa shape index (κ3) is 3.12. The topological polar surface area (TPSA) is 42.4 Å². The smallest absolute Gasteiger partial charge is 0.171 e. The number of Topliss-reactive ketones (excluding diaryl/α,β-unsaturated/α-hetero) is 1. The zero-order chi connectivity index (χ0) is 12.3. The number of ketones is 1. The molecule has 0 radical (unpaired) electrons. The first-order valence-electron chi connectivity index (χ1n) is 6.00. The van der Waals surface area contributed by atoms with Gasteiger partial charge in [-0.05, 0) is 6.42 Å². The van der Waals surface area contributed by atoms with E-state index >= 15 is 0 Å². The molecule has 4 nitrogen and oxygen atoms in total. The summed E-state index contributed by atoms with van der Waals surface area (Å²) in [7, 11) is 0. The van der Waals surface area contributed by atoms with Crippen molar-refractivity contribution in [3.63, 3.8) is 0 Å². The highest BCUT2D eigenvalue weighted by atomic mass is 32.1. The Hall–Kier alpha value is -0.780. The molecule has 17 heavy (non-hydrogen) atoms. The molecule has 0 atom stereocenters. The normalized spacial score (nSPS) is 17.3. The highest BCUT2D eigenvalue weighted by Gasteiger charge is 2.17. The Morgan fingerprint density at radius 2 is 2.18 bits per heavy atom. The second-order valence-electron chi connectivity index (χ2n) is 4.18. The highest BCUT2D eigenvalue weighted by molar-refractivity contribution is 7.13. The van der Waals surface area contributed by atoms with Gasteiger partial charge in [0.25, 0.3) is 0 Å². The molecule has 0 spiro atoms. The Kier molecular flexibility index (Phi) is 4.25. The van der Waals surface area contributed by atoms with Crippen LogP contribution in [0.15, 0.2) is 0 Å². The van der Waals surface area contributed by atoms with Crippen molar-refractivity contribution < 1.29 is 9.53 Å². The summed E-state index contributed by atoms with van der Waals surface area (Å²) in [4.78, 5) is 19.2. The van der Waals surface area contributed by atoms with Crippen LogP contribution in [0.4, 0.5) is 0 Å². The number of aryl methyl sites for hydroxylation is 1. The predicted octanol–water partition coefficient (Wildman–Crippen LogP) is 1.74. The van der Waals surface area contributed by atoms with Crippen LogP contribution in [0.5, 0.6) is 0 Å². The predicted molar refractivity (Wildman–Crippen MR) is 67.6 cm³/mol. The molecule has 2 heterocycles. The van der Waals surface area contributed by atoms with E-state index in [1.807, 2.05) is 6.92 Å². The molecule has 0 aliphatic carbocycles. The molecule has 1 aromatic heterocycles. The third-order valence-electron chi connectivity index (χ3n) is 2.86. The van der Waals surface area contributed by atoms with Gasteiger partial charge in [0.1, 0.15) is 5.01 Å². The molecule has 0 saturated carbocycles. The Morgan fingerprint density at radius 1 is 1.47 bits per heavy atom. The number of morpholine rings is 1. The summed E-state index contributed by atoms with van der Waals surface area (Å²) in [6.07, 6.45) is 0.828. The number of carbonyl (C=O) groups is 1. The number of ether oxygens (including phenoxy) is 1. The van der Waals surface area contributed by atoms with Crippen LogP contribution in [0.25, 0.3) is 0 Å². The quantitative estimate of drug-likeness (QED) is 0.768. The Morgan fingerprint density at radius 3 is 2.71 bits per heavy atom. The summed E-state index contributed by atoms with van der Waals surface area (Å²) in [5, 5.41) is 1.05. The summed E-state index contributed by atoms with van der Waals surface area (Å²) in [5.74, 6) is 0.132. The van der Waals surface area contributed by atoms with Crippen molar-refractivity contribution in [3.05, 3.63) is 15.6 Å². The van der Waals surface area contributed by atoms with Crippen LogP contribution in [0.1, 0.15) is 34.2 Å². The average molecular weight is 254 g/mol. The van der Waals surface area contributed by atoms with E-state index in [4.69, 9.17) is 4.74 Å². The fourth-order valence-electron chi connectivity index (χ4n) is 1.93. The molecular weight excluding hydrogens is 236 g/mol. The Labute approximate surface area is 106 Å². The highest BCUT2D eigenvalue weighted by Crippen LogP contribution is 2.21. The zero-order valence-corrected chi connectivity index (χ0v) is 11.2. The molecular formula is C12H18N2O2S. The van der Waals surface area contributed by atoms with Crippen LogP contribution in [0, 0.1) is 0 Å². The van der Waals surface area contributed by atoms with E-state index in [9.17, 15) is 4.79 Å². The molecule has 1 saturated heterocycles. The van der Waals surface area contributed by atoms with Gasteiger partial charge in [0.15, 0.2) is 5.78 Å². The summed E-state index contributed by atoms with van der Waals surface area (Å²) in [5.41, 5.74) is 0.950. The SMILES string of the molecule is CCc1nc(CN2CCOCC2)sc1C(C)=O. The maximum Gasteiger partial charge on any atom is 0.171 e. The molecule has 0 bridgehead atoms. The lowest BCUT2D eigenvalue weighted by Gasteiger charge is -2.25. The van der Waals surface area contributed by atoms with Crippen molar-refractivity contribution in [1.29, 1.82) is 0 Å². The van der Waals surface area contributed by atoms with E-state index < -0.39 is 0 Å². The molecule has 1 aromatic rings. The van der Waals surface area contributed by atoms with Crippen LogP contribution >= 0.6 is 11.3 Å². The monoisotopic (exact) mass is 254 g/mol. The van der Waals surface area contributed by atoms with Gasteiger partial charge < -0.3 is 4.74 Å². The molecule has 0 amide bonds. The third-order valence-corrected chi connectivity index (χ3v) is 4.04. The molecule has 1 aliphatic rings. The van der Waals surface area contributed by atoms with Gasteiger partial charge in [-0.2, -0.15) is 0 Å². The molecule has 94 valence electrons. The first-order valence-corrected chi connectivity index (χ1v) is 6.82. The van der Waals surface area contributed by atoms with E-state index in [0.29, 0.717) is 0 Å². The number of nitrogens with zero attached hydrogens (tertiary/aromatic N) is 2. The summed E-state index contributed by atoms with van der Waals surface area (Å²) in [6.45, 7) is 8.00. The van der Waals surface area contributed by atoms with Gasteiger partial charge in [0.05, 0.1) is 30.3 Å². The zero-order valence-electron chi connectivity index (χ0n) is 10.4. The molecule has 0 unspecified atom stereocenters. The summed E-state index contributed by atoms with van der Waals surface area (Å²) in [6, 6.07) is 0. The number of rotatable bonds is 4. The van der Waals surface area contributed by atoms with E-state index in [-0.39, 0.29) is 5.78 Å². The lowest BCUT2D eigenvalue weighted by Crippen LogP contribution is -2.35. The standard InChI is InChI=1S/C12H18N2O2S/c1-3-10-12(9(2)15)17-11(13-10)8-14-4-6-16-7-5-14/h3-8H2,1-2H3. The minimum atomic E-state index is 0.132. The number of hydrogen-bond acceptors (Lipinski definition) is 5. The maximum atomic E-state index is 11.5. The second-order valence-corrected chi connectivity index (χ2v) is 5.27. The molecule has 0 N–H and O–H groups in total. The Bertz CT molecular complexity index is 397. The summed E-state index contributed by atoms with van der Waals surface area (Å²) < 4.78 is 5.31. The first kappa shape index (κ1) is 12.7. The summed E-state index contributed by atoms with van der Waals surface area (Å²) >= 11 is 1.54. The molecule has 1 aliphatic heterocycles. The number of carbonyl (C=O) groups excluding carboxylic acids is 1.